The molecule has 0 atom stereocenters. The lowest BCUT2D eigenvalue weighted by atomic mass is 10.4. The summed E-state index contributed by atoms with van der Waals surface area (Å²) in [5.41, 5.74) is -0.675. The van der Waals surface area contributed by atoms with Gasteiger partial charge in [-0.25, -0.2) is 4.79 Å². The number of rotatable bonds is 1. The molecule has 0 amide bonds. The zero-order valence-corrected chi connectivity index (χ0v) is 5.83. The molecule has 0 aliphatic heterocycles. The van der Waals surface area contributed by atoms with Gasteiger partial charge in [0.1, 0.15) is 0 Å². The Morgan fingerprint density at radius 1 is 1.73 bits per heavy atom. The second-order valence-electron chi connectivity index (χ2n) is 1.78. The molecule has 1 rings (SSSR count). The molecule has 0 fully saturated rings. The van der Waals surface area contributed by atoms with Gasteiger partial charge in [-0.05, 0) is 0 Å². The highest BCUT2D eigenvalue weighted by atomic mass is 16.5. The van der Waals surface area contributed by atoms with E-state index < -0.39 is 11.4 Å². The van der Waals surface area contributed by atoms with Crippen molar-refractivity contribution in [2.45, 2.75) is 0 Å². The van der Waals surface area contributed by atoms with E-state index in [1.165, 1.54) is 19.4 Å². The summed E-state index contributed by atoms with van der Waals surface area (Å²) >= 11 is 0. The van der Waals surface area contributed by atoms with E-state index >= 15 is 0 Å². The van der Waals surface area contributed by atoms with Crippen LogP contribution in [0.2, 0.25) is 0 Å². The van der Waals surface area contributed by atoms with Crippen molar-refractivity contribution in [2.75, 3.05) is 7.11 Å². The number of ether oxygens (including phenoxy) is 1. The third kappa shape index (κ3) is 1.43. The van der Waals surface area contributed by atoms with Gasteiger partial charge in [0.2, 0.25) is 11.1 Å². The molecule has 1 aromatic heterocycles. The second-order valence-corrected chi connectivity index (χ2v) is 1.78. The molecule has 1 aromatic rings. The zero-order valence-electron chi connectivity index (χ0n) is 5.83. The fourth-order valence-electron chi connectivity index (χ4n) is 0.592. The van der Waals surface area contributed by atoms with E-state index in [2.05, 4.69) is 14.9 Å². The standard InChI is InChI=1S/C6H6N2O3/c1-11-6(10)5-4(9)2-3-7-8-5/h2-3H,1H3,(H,7,9). The van der Waals surface area contributed by atoms with Crippen molar-refractivity contribution in [1.29, 1.82) is 0 Å². The molecule has 0 aromatic carbocycles. The van der Waals surface area contributed by atoms with Gasteiger partial charge in [0.25, 0.3) is 0 Å². The molecule has 0 bridgehead atoms. The minimum absolute atomic E-state index is 0.227. The van der Waals surface area contributed by atoms with Crippen molar-refractivity contribution in [3.05, 3.63) is 28.2 Å². The van der Waals surface area contributed by atoms with Gasteiger partial charge in [-0.3, -0.25) is 9.89 Å². The van der Waals surface area contributed by atoms with Crippen LogP contribution in [0.5, 0.6) is 0 Å². The number of aromatic amines is 1. The molecule has 11 heavy (non-hydrogen) atoms. The summed E-state index contributed by atoms with van der Waals surface area (Å²) in [6, 6.07) is 1.21. The normalized spacial score (nSPS) is 9.18. The van der Waals surface area contributed by atoms with Crippen LogP contribution in [-0.2, 0) is 4.74 Å². The maximum atomic E-state index is 10.8. The molecular formula is C6H6N2O3. The number of hydrogen-bond donors (Lipinski definition) is 1. The Morgan fingerprint density at radius 2 is 2.45 bits per heavy atom. The lowest BCUT2D eigenvalue weighted by Gasteiger charge is -1.93. The van der Waals surface area contributed by atoms with Gasteiger partial charge in [0.05, 0.1) is 7.11 Å². The number of aromatic nitrogens is 2. The first kappa shape index (κ1) is 7.46. The monoisotopic (exact) mass is 154 g/mol. The molecule has 0 aliphatic rings. The number of nitrogens with one attached hydrogen (secondary N) is 1. The molecule has 0 radical (unpaired) electrons. The molecule has 0 aliphatic carbocycles. The Kier molecular flexibility index (Phi) is 2.00. The van der Waals surface area contributed by atoms with Crippen LogP contribution in [0.4, 0.5) is 0 Å². The van der Waals surface area contributed by atoms with Crippen LogP contribution in [0.3, 0.4) is 0 Å². The van der Waals surface area contributed by atoms with Crippen LogP contribution in [0.25, 0.3) is 0 Å². The van der Waals surface area contributed by atoms with Gasteiger partial charge in [-0.15, -0.1) is 0 Å². The largest absolute Gasteiger partial charge is 0.464 e. The van der Waals surface area contributed by atoms with Gasteiger partial charge in [-0.1, -0.05) is 0 Å². The van der Waals surface area contributed by atoms with Crippen molar-refractivity contribution in [3.8, 4) is 0 Å². The smallest absolute Gasteiger partial charge is 0.362 e. The summed E-state index contributed by atoms with van der Waals surface area (Å²) in [7, 11) is 1.19. The number of carbonyl (C=O) groups is 1. The van der Waals surface area contributed by atoms with E-state index in [4.69, 9.17) is 0 Å². The Bertz CT molecular complexity index is 318. The van der Waals surface area contributed by atoms with E-state index in [1.807, 2.05) is 0 Å². The summed E-state index contributed by atoms with van der Waals surface area (Å²) < 4.78 is 4.30. The predicted molar refractivity (Wildman–Crippen MR) is 36.2 cm³/mol. The fraction of sp³-hybridized carbons (Fsp3) is 0.167. The maximum Gasteiger partial charge on any atom is 0.362 e. The summed E-state index contributed by atoms with van der Waals surface area (Å²) in [4.78, 5) is 21.6. The van der Waals surface area contributed by atoms with Crippen LogP contribution < -0.4 is 5.43 Å². The Balaban J connectivity index is 3.14. The van der Waals surface area contributed by atoms with E-state index in [9.17, 15) is 9.59 Å². The third-order valence-corrected chi connectivity index (χ3v) is 1.10. The molecule has 0 saturated heterocycles. The summed E-state index contributed by atoms with van der Waals surface area (Å²) in [5.74, 6) is -0.730. The topological polar surface area (TPSA) is 72.0 Å². The van der Waals surface area contributed by atoms with E-state index in [-0.39, 0.29) is 5.69 Å². The Morgan fingerprint density at radius 3 is 3.00 bits per heavy atom. The van der Waals surface area contributed by atoms with Crippen molar-refractivity contribution in [1.82, 2.24) is 10.2 Å². The van der Waals surface area contributed by atoms with Crippen LogP contribution >= 0.6 is 0 Å². The third-order valence-electron chi connectivity index (χ3n) is 1.10. The van der Waals surface area contributed by atoms with Crippen LogP contribution in [0.15, 0.2) is 17.1 Å². The average molecular weight is 154 g/mol. The first-order chi connectivity index (χ1) is 5.25. The van der Waals surface area contributed by atoms with Crippen LogP contribution in [0.1, 0.15) is 10.5 Å². The zero-order chi connectivity index (χ0) is 8.27. The van der Waals surface area contributed by atoms with Gasteiger partial charge in [0.15, 0.2) is 0 Å². The minimum Gasteiger partial charge on any atom is -0.464 e. The van der Waals surface area contributed by atoms with E-state index in [0.717, 1.165) is 0 Å². The van der Waals surface area contributed by atoms with Gasteiger partial charge < -0.3 is 4.74 Å². The fourth-order valence-corrected chi connectivity index (χ4v) is 0.592. The Hall–Kier alpha value is -1.65. The molecular weight excluding hydrogens is 148 g/mol. The summed E-state index contributed by atoms with van der Waals surface area (Å²) in [5, 5.41) is 5.80. The lowest BCUT2D eigenvalue weighted by Crippen LogP contribution is -2.18. The summed E-state index contributed by atoms with van der Waals surface area (Å²) in [6.45, 7) is 0. The van der Waals surface area contributed by atoms with Gasteiger partial charge in [0, 0.05) is 12.3 Å². The highest BCUT2D eigenvalue weighted by Gasteiger charge is 2.10. The molecule has 5 heteroatoms. The molecule has 1 heterocycles. The molecule has 0 saturated carbocycles. The average Bonchev–Trinajstić information content (AvgIpc) is 2.04. The highest BCUT2D eigenvalue weighted by Crippen LogP contribution is 1.84. The van der Waals surface area contributed by atoms with Gasteiger partial charge in [-0.2, -0.15) is 5.10 Å². The van der Waals surface area contributed by atoms with E-state index in [0.29, 0.717) is 0 Å². The number of methoxy groups -OCH3 is 1. The molecule has 0 unspecified atom stereocenters. The van der Waals surface area contributed by atoms with Crippen LogP contribution in [-0.4, -0.2) is 23.3 Å². The Labute approximate surface area is 62.0 Å². The first-order valence-corrected chi connectivity index (χ1v) is 2.88. The number of esters is 1. The predicted octanol–water partition coefficient (Wildman–Crippen LogP) is -0.444. The molecule has 1 N–H and O–H groups in total. The second kappa shape index (κ2) is 2.96. The SMILES string of the molecule is COC(=O)c1n[nH]ccc1=O. The molecule has 0 spiro atoms. The lowest BCUT2D eigenvalue weighted by molar-refractivity contribution is 0.0591. The number of hydrogen-bond acceptors (Lipinski definition) is 4. The summed E-state index contributed by atoms with van der Waals surface area (Å²) in [6.07, 6.45) is 1.34. The van der Waals surface area contributed by atoms with Crippen LogP contribution in [0, 0.1) is 0 Å². The highest BCUT2D eigenvalue weighted by molar-refractivity contribution is 5.86. The number of H-pyrrole nitrogens is 1. The van der Waals surface area contributed by atoms with Crippen molar-refractivity contribution in [3.63, 3.8) is 0 Å². The van der Waals surface area contributed by atoms with Crippen molar-refractivity contribution in [2.24, 2.45) is 0 Å². The van der Waals surface area contributed by atoms with Crippen molar-refractivity contribution < 1.29 is 9.53 Å². The maximum absolute atomic E-state index is 10.8. The number of carbonyl (C=O) groups excluding carboxylic acids is 1. The van der Waals surface area contributed by atoms with E-state index in [1.54, 1.807) is 0 Å². The quantitative estimate of drug-likeness (QED) is 0.556. The van der Waals surface area contributed by atoms with Crippen molar-refractivity contribution >= 4 is 5.97 Å². The number of nitrogens with zero attached hydrogens (tertiary/aromatic N) is 1. The van der Waals surface area contributed by atoms with Gasteiger partial charge >= 0.3 is 5.97 Å². The first-order valence-electron chi connectivity index (χ1n) is 2.88. The molecule has 58 valence electrons. The molecule has 5 nitrogen and oxygen atoms in total. The minimum atomic E-state index is -0.730.